The standard InChI is InChI=1S/C16H25NO2/c1-11-7-6-10-17(12(11)2)14-8-5-9-15(19-4)16(14)13(3)18/h5,8-9,11-13,18H,6-7,10H2,1-4H3/t11?,12?,13-/m0/s1. The Morgan fingerprint density at radius 3 is 2.74 bits per heavy atom. The van der Waals surface area contributed by atoms with E-state index in [4.69, 9.17) is 4.74 Å². The Kier molecular flexibility index (Phi) is 4.35. The van der Waals surface area contributed by atoms with Crippen LogP contribution in [0.1, 0.15) is 45.3 Å². The molecule has 0 radical (unpaired) electrons. The average Bonchev–Trinajstić information content (AvgIpc) is 2.40. The van der Waals surface area contributed by atoms with Crippen molar-refractivity contribution in [1.82, 2.24) is 0 Å². The van der Waals surface area contributed by atoms with Gasteiger partial charge in [0.25, 0.3) is 0 Å². The molecule has 1 aromatic carbocycles. The van der Waals surface area contributed by atoms with Crippen molar-refractivity contribution < 1.29 is 9.84 Å². The zero-order chi connectivity index (χ0) is 14.0. The lowest BCUT2D eigenvalue weighted by molar-refractivity contribution is 0.194. The average molecular weight is 263 g/mol. The summed E-state index contributed by atoms with van der Waals surface area (Å²) in [5.74, 6) is 1.46. The molecule has 1 heterocycles. The van der Waals surface area contributed by atoms with Gasteiger partial charge in [-0.3, -0.25) is 0 Å². The lowest BCUT2D eigenvalue weighted by Crippen LogP contribution is -2.43. The molecule has 2 rings (SSSR count). The van der Waals surface area contributed by atoms with Gasteiger partial charge in [-0.1, -0.05) is 13.0 Å². The first-order valence-electron chi connectivity index (χ1n) is 7.17. The third kappa shape index (κ3) is 2.71. The van der Waals surface area contributed by atoms with E-state index in [0.29, 0.717) is 12.0 Å². The highest BCUT2D eigenvalue weighted by Gasteiger charge is 2.28. The minimum atomic E-state index is -0.518. The van der Waals surface area contributed by atoms with Crippen LogP contribution in [0.25, 0.3) is 0 Å². The van der Waals surface area contributed by atoms with Crippen LogP contribution in [0.5, 0.6) is 5.75 Å². The van der Waals surface area contributed by atoms with Crippen LogP contribution in [0.15, 0.2) is 18.2 Å². The van der Waals surface area contributed by atoms with E-state index in [2.05, 4.69) is 24.8 Å². The van der Waals surface area contributed by atoms with Crippen LogP contribution < -0.4 is 9.64 Å². The lowest BCUT2D eigenvalue weighted by atomic mass is 9.90. The summed E-state index contributed by atoms with van der Waals surface area (Å²) in [7, 11) is 1.66. The molecule has 2 unspecified atom stereocenters. The Balaban J connectivity index is 2.43. The van der Waals surface area contributed by atoms with Gasteiger partial charge in [0.2, 0.25) is 0 Å². The fourth-order valence-electron chi connectivity index (χ4n) is 3.06. The summed E-state index contributed by atoms with van der Waals surface area (Å²) < 4.78 is 5.41. The van der Waals surface area contributed by atoms with Gasteiger partial charge < -0.3 is 14.7 Å². The minimum Gasteiger partial charge on any atom is -0.496 e. The number of benzene rings is 1. The topological polar surface area (TPSA) is 32.7 Å². The van der Waals surface area contributed by atoms with E-state index in [1.807, 2.05) is 12.1 Å². The SMILES string of the molecule is COc1cccc(N2CCCC(C)C2C)c1[C@H](C)O. The summed E-state index contributed by atoms with van der Waals surface area (Å²) in [6.07, 6.45) is 1.98. The first-order chi connectivity index (χ1) is 9.06. The van der Waals surface area contributed by atoms with Gasteiger partial charge >= 0.3 is 0 Å². The molecule has 3 heteroatoms. The summed E-state index contributed by atoms with van der Waals surface area (Å²) in [4.78, 5) is 2.42. The molecular formula is C16H25NO2. The van der Waals surface area contributed by atoms with Gasteiger partial charge in [0.05, 0.1) is 13.2 Å². The van der Waals surface area contributed by atoms with Crippen LogP contribution in [0, 0.1) is 5.92 Å². The number of hydrogen-bond acceptors (Lipinski definition) is 3. The zero-order valence-electron chi connectivity index (χ0n) is 12.4. The Morgan fingerprint density at radius 1 is 1.37 bits per heavy atom. The van der Waals surface area contributed by atoms with Crippen molar-refractivity contribution in [3.8, 4) is 5.75 Å². The number of rotatable bonds is 3. The highest BCUT2D eigenvalue weighted by Crippen LogP contribution is 2.38. The van der Waals surface area contributed by atoms with Crippen molar-refractivity contribution in [3.63, 3.8) is 0 Å². The van der Waals surface area contributed by atoms with E-state index in [0.717, 1.165) is 23.5 Å². The molecule has 0 saturated carbocycles. The number of piperidine rings is 1. The van der Waals surface area contributed by atoms with Gasteiger partial charge in [-0.25, -0.2) is 0 Å². The second-order valence-corrected chi connectivity index (χ2v) is 5.62. The van der Waals surface area contributed by atoms with Gasteiger partial charge in [-0.2, -0.15) is 0 Å². The third-order valence-corrected chi connectivity index (χ3v) is 4.36. The Morgan fingerprint density at radius 2 is 2.11 bits per heavy atom. The molecule has 1 fully saturated rings. The maximum atomic E-state index is 10.1. The van der Waals surface area contributed by atoms with Crippen LogP contribution in [0.2, 0.25) is 0 Å². The van der Waals surface area contributed by atoms with Crippen LogP contribution in [-0.4, -0.2) is 24.8 Å². The second kappa shape index (κ2) is 5.83. The monoisotopic (exact) mass is 263 g/mol. The third-order valence-electron chi connectivity index (χ3n) is 4.36. The highest BCUT2D eigenvalue weighted by atomic mass is 16.5. The van der Waals surface area contributed by atoms with E-state index in [1.165, 1.54) is 12.8 Å². The fourth-order valence-corrected chi connectivity index (χ4v) is 3.06. The number of nitrogens with zero attached hydrogens (tertiary/aromatic N) is 1. The molecular weight excluding hydrogens is 238 g/mol. The molecule has 19 heavy (non-hydrogen) atoms. The maximum absolute atomic E-state index is 10.1. The highest BCUT2D eigenvalue weighted by molar-refractivity contribution is 5.61. The number of ether oxygens (including phenoxy) is 1. The summed E-state index contributed by atoms with van der Waals surface area (Å²) in [6.45, 7) is 7.44. The van der Waals surface area contributed by atoms with E-state index >= 15 is 0 Å². The molecule has 0 spiro atoms. The van der Waals surface area contributed by atoms with Crippen molar-refractivity contribution in [3.05, 3.63) is 23.8 Å². The number of hydrogen-bond donors (Lipinski definition) is 1. The maximum Gasteiger partial charge on any atom is 0.126 e. The van der Waals surface area contributed by atoms with Gasteiger partial charge in [0.1, 0.15) is 5.75 Å². The largest absolute Gasteiger partial charge is 0.496 e. The van der Waals surface area contributed by atoms with Crippen molar-refractivity contribution in [2.75, 3.05) is 18.6 Å². The molecule has 3 atom stereocenters. The van der Waals surface area contributed by atoms with E-state index in [9.17, 15) is 5.11 Å². The van der Waals surface area contributed by atoms with Crippen LogP contribution in [0.4, 0.5) is 5.69 Å². The smallest absolute Gasteiger partial charge is 0.126 e. The van der Waals surface area contributed by atoms with Crippen LogP contribution in [-0.2, 0) is 0 Å². The van der Waals surface area contributed by atoms with E-state index in [1.54, 1.807) is 14.0 Å². The fraction of sp³-hybridized carbons (Fsp3) is 0.625. The van der Waals surface area contributed by atoms with Crippen LogP contribution >= 0.6 is 0 Å². The van der Waals surface area contributed by atoms with Gasteiger partial charge in [0, 0.05) is 23.8 Å². The van der Waals surface area contributed by atoms with E-state index in [-0.39, 0.29) is 0 Å². The van der Waals surface area contributed by atoms with E-state index < -0.39 is 6.10 Å². The minimum absolute atomic E-state index is 0.498. The molecule has 0 amide bonds. The quantitative estimate of drug-likeness (QED) is 0.907. The first-order valence-corrected chi connectivity index (χ1v) is 7.17. The zero-order valence-corrected chi connectivity index (χ0v) is 12.4. The first kappa shape index (κ1) is 14.2. The molecule has 0 bridgehead atoms. The van der Waals surface area contributed by atoms with Gasteiger partial charge in [-0.15, -0.1) is 0 Å². The summed E-state index contributed by atoms with van der Waals surface area (Å²) in [5.41, 5.74) is 2.03. The van der Waals surface area contributed by atoms with Crippen molar-refractivity contribution in [2.24, 2.45) is 5.92 Å². The number of aliphatic hydroxyl groups is 1. The predicted octanol–water partition coefficient (Wildman–Crippen LogP) is 3.37. The number of anilines is 1. The van der Waals surface area contributed by atoms with Crippen molar-refractivity contribution >= 4 is 5.69 Å². The Labute approximate surface area is 116 Å². The Bertz CT molecular complexity index is 431. The molecule has 3 nitrogen and oxygen atoms in total. The lowest BCUT2D eigenvalue weighted by Gasteiger charge is -2.41. The molecule has 106 valence electrons. The van der Waals surface area contributed by atoms with Gasteiger partial charge in [-0.05, 0) is 44.7 Å². The molecule has 1 aromatic rings. The Hall–Kier alpha value is -1.22. The molecule has 0 aromatic heterocycles. The number of methoxy groups -OCH3 is 1. The molecule has 1 aliphatic rings. The predicted molar refractivity (Wildman–Crippen MR) is 78.8 cm³/mol. The molecule has 0 aliphatic carbocycles. The normalized spacial score (nSPS) is 25.2. The number of aliphatic hydroxyl groups excluding tert-OH is 1. The molecule has 1 saturated heterocycles. The molecule has 1 aliphatic heterocycles. The summed E-state index contributed by atoms with van der Waals surface area (Å²) in [6, 6.07) is 6.52. The summed E-state index contributed by atoms with van der Waals surface area (Å²) >= 11 is 0. The van der Waals surface area contributed by atoms with Crippen molar-refractivity contribution in [1.29, 1.82) is 0 Å². The van der Waals surface area contributed by atoms with Crippen LogP contribution in [0.3, 0.4) is 0 Å². The molecule has 1 N–H and O–H groups in total. The summed E-state index contributed by atoms with van der Waals surface area (Å²) in [5, 5.41) is 10.1. The van der Waals surface area contributed by atoms with Crippen molar-refractivity contribution in [2.45, 2.75) is 45.8 Å². The van der Waals surface area contributed by atoms with Gasteiger partial charge in [0.15, 0.2) is 0 Å². The second-order valence-electron chi connectivity index (χ2n) is 5.62.